The van der Waals surface area contributed by atoms with Gasteiger partial charge in [-0.25, -0.2) is 0 Å². The van der Waals surface area contributed by atoms with Crippen molar-refractivity contribution in [2.24, 2.45) is 0 Å². The van der Waals surface area contributed by atoms with Gasteiger partial charge in [-0.05, 0) is 50.5 Å². The molecule has 2 rings (SSSR count). The van der Waals surface area contributed by atoms with Crippen molar-refractivity contribution < 1.29 is 14.3 Å². The monoisotopic (exact) mass is 289 g/mol. The maximum Gasteiger partial charge on any atom is 0.226 e. The summed E-state index contributed by atoms with van der Waals surface area (Å²) in [5.74, 6) is 0.0385. The molecule has 21 heavy (non-hydrogen) atoms. The van der Waals surface area contributed by atoms with Gasteiger partial charge in [0.05, 0.1) is 18.8 Å². The molecule has 2 aromatic rings. The lowest BCUT2D eigenvalue weighted by Crippen LogP contribution is -2.30. The normalized spacial score (nSPS) is 12.6. The molecular formula is C17H23NO3. The van der Waals surface area contributed by atoms with Gasteiger partial charge >= 0.3 is 0 Å². The summed E-state index contributed by atoms with van der Waals surface area (Å²) in [7, 11) is 1.77. The van der Waals surface area contributed by atoms with E-state index >= 15 is 0 Å². The van der Waals surface area contributed by atoms with Crippen molar-refractivity contribution in [2.45, 2.75) is 39.7 Å². The number of aliphatic hydroxyl groups excluding tert-OH is 1. The quantitative estimate of drug-likeness (QED) is 0.921. The summed E-state index contributed by atoms with van der Waals surface area (Å²) in [4.78, 5) is 13.9. The summed E-state index contributed by atoms with van der Waals surface area (Å²) in [5.41, 5.74) is 4.12. The van der Waals surface area contributed by atoms with Gasteiger partial charge in [-0.15, -0.1) is 0 Å². The molecule has 114 valence electrons. The molecule has 4 heteroatoms. The van der Waals surface area contributed by atoms with Gasteiger partial charge in [-0.3, -0.25) is 4.79 Å². The molecule has 1 aromatic carbocycles. The predicted molar refractivity (Wildman–Crippen MR) is 83.3 cm³/mol. The first-order valence-corrected chi connectivity index (χ1v) is 7.28. The Morgan fingerprint density at radius 2 is 2.00 bits per heavy atom. The van der Waals surface area contributed by atoms with Crippen molar-refractivity contribution in [2.75, 3.05) is 13.6 Å². The van der Waals surface area contributed by atoms with E-state index in [4.69, 9.17) is 4.42 Å². The van der Waals surface area contributed by atoms with Crippen LogP contribution in [0.5, 0.6) is 0 Å². The summed E-state index contributed by atoms with van der Waals surface area (Å²) in [5, 5.41) is 10.3. The van der Waals surface area contributed by atoms with Gasteiger partial charge in [0.2, 0.25) is 5.91 Å². The van der Waals surface area contributed by atoms with E-state index in [2.05, 4.69) is 13.0 Å². The van der Waals surface area contributed by atoms with Gasteiger partial charge in [-0.1, -0.05) is 0 Å². The van der Waals surface area contributed by atoms with Crippen molar-refractivity contribution in [1.82, 2.24) is 4.90 Å². The molecule has 0 aliphatic carbocycles. The van der Waals surface area contributed by atoms with Gasteiger partial charge in [0, 0.05) is 24.5 Å². The molecule has 0 radical (unpaired) electrons. The minimum atomic E-state index is -0.388. The molecule has 1 aromatic heterocycles. The van der Waals surface area contributed by atoms with Crippen molar-refractivity contribution >= 4 is 16.9 Å². The number of furan rings is 1. The lowest BCUT2D eigenvalue weighted by molar-refractivity contribution is -0.129. The van der Waals surface area contributed by atoms with Crippen molar-refractivity contribution in [3.8, 4) is 0 Å². The highest BCUT2D eigenvalue weighted by Crippen LogP contribution is 2.25. The fourth-order valence-electron chi connectivity index (χ4n) is 2.28. The number of hydrogen-bond donors (Lipinski definition) is 1. The second kappa shape index (κ2) is 6.31. The van der Waals surface area contributed by atoms with E-state index in [0.29, 0.717) is 19.4 Å². The Balaban J connectivity index is 2.12. The molecule has 1 unspecified atom stereocenters. The van der Waals surface area contributed by atoms with E-state index in [0.717, 1.165) is 16.5 Å². The Morgan fingerprint density at radius 1 is 1.33 bits per heavy atom. The van der Waals surface area contributed by atoms with Crippen molar-refractivity contribution in [3.63, 3.8) is 0 Å². The SMILES string of the molecule is Cc1cc2occ(CC(=O)N(C)CCC(C)O)c2cc1C. The lowest BCUT2D eigenvalue weighted by atomic mass is 10.0. The fourth-order valence-corrected chi connectivity index (χ4v) is 2.28. The average Bonchev–Trinajstić information content (AvgIpc) is 2.79. The predicted octanol–water partition coefficient (Wildman–Crippen LogP) is 2.82. The molecule has 4 nitrogen and oxygen atoms in total. The third kappa shape index (κ3) is 3.64. The Kier molecular flexibility index (Phi) is 4.68. The van der Waals surface area contributed by atoms with E-state index in [1.54, 1.807) is 25.1 Å². The number of amides is 1. The van der Waals surface area contributed by atoms with Crippen LogP contribution in [-0.2, 0) is 11.2 Å². The fraction of sp³-hybridized carbons (Fsp3) is 0.471. The van der Waals surface area contributed by atoms with Crippen LogP contribution in [0.3, 0.4) is 0 Å². The molecule has 1 amide bonds. The van der Waals surface area contributed by atoms with Crippen LogP contribution in [-0.4, -0.2) is 35.6 Å². The second-order valence-electron chi connectivity index (χ2n) is 5.82. The molecule has 0 spiro atoms. The Hall–Kier alpha value is -1.81. The number of aryl methyl sites for hydroxylation is 2. The van der Waals surface area contributed by atoms with Crippen LogP contribution in [0.1, 0.15) is 30.0 Å². The van der Waals surface area contributed by atoms with Gasteiger partial charge < -0.3 is 14.4 Å². The third-order valence-electron chi connectivity index (χ3n) is 3.92. The molecule has 0 saturated carbocycles. The lowest BCUT2D eigenvalue weighted by Gasteiger charge is -2.17. The zero-order valence-electron chi connectivity index (χ0n) is 13.1. The molecule has 0 bridgehead atoms. The number of benzene rings is 1. The average molecular weight is 289 g/mol. The molecular weight excluding hydrogens is 266 g/mol. The highest BCUT2D eigenvalue weighted by Gasteiger charge is 2.15. The zero-order valence-corrected chi connectivity index (χ0v) is 13.1. The molecule has 0 aliphatic rings. The molecule has 1 N–H and O–H groups in total. The first-order valence-electron chi connectivity index (χ1n) is 7.28. The minimum absolute atomic E-state index is 0.0385. The number of carbonyl (C=O) groups excluding carboxylic acids is 1. The van der Waals surface area contributed by atoms with E-state index in [1.807, 2.05) is 13.0 Å². The first-order chi connectivity index (χ1) is 9.88. The Morgan fingerprint density at radius 3 is 2.67 bits per heavy atom. The van der Waals surface area contributed by atoms with Crippen LogP contribution in [0.4, 0.5) is 0 Å². The van der Waals surface area contributed by atoms with Crippen LogP contribution in [0.15, 0.2) is 22.8 Å². The number of carbonyl (C=O) groups is 1. The number of nitrogens with zero attached hydrogens (tertiary/aromatic N) is 1. The first kappa shape index (κ1) is 15.6. The van der Waals surface area contributed by atoms with E-state index in [9.17, 15) is 9.90 Å². The van der Waals surface area contributed by atoms with Crippen LogP contribution in [0.2, 0.25) is 0 Å². The molecule has 0 aliphatic heterocycles. The minimum Gasteiger partial charge on any atom is -0.464 e. The van der Waals surface area contributed by atoms with Crippen LogP contribution < -0.4 is 0 Å². The molecule has 1 heterocycles. The highest BCUT2D eigenvalue weighted by molar-refractivity contribution is 5.88. The second-order valence-corrected chi connectivity index (χ2v) is 5.82. The van der Waals surface area contributed by atoms with E-state index in [1.165, 1.54) is 11.1 Å². The third-order valence-corrected chi connectivity index (χ3v) is 3.92. The van der Waals surface area contributed by atoms with Crippen LogP contribution in [0.25, 0.3) is 11.0 Å². The molecule has 0 saturated heterocycles. The van der Waals surface area contributed by atoms with E-state index < -0.39 is 0 Å². The standard InChI is InChI=1S/C17H23NO3/c1-11-7-15-14(10-21-16(15)8-12(11)2)9-17(20)18(4)6-5-13(3)19/h7-8,10,13,19H,5-6,9H2,1-4H3. The van der Waals surface area contributed by atoms with Gasteiger partial charge in [-0.2, -0.15) is 0 Å². The smallest absolute Gasteiger partial charge is 0.226 e. The van der Waals surface area contributed by atoms with Crippen LogP contribution in [0, 0.1) is 13.8 Å². The van der Waals surface area contributed by atoms with Gasteiger partial charge in [0.1, 0.15) is 5.58 Å². The Labute approximate surface area is 125 Å². The highest BCUT2D eigenvalue weighted by atomic mass is 16.3. The van der Waals surface area contributed by atoms with Crippen molar-refractivity contribution in [1.29, 1.82) is 0 Å². The summed E-state index contributed by atoms with van der Waals surface area (Å²) >= 11 is 0. The topological polar surface area (TPSA) is 53.7 Å². The summed E-state index contributed by atoms with van der Waals surface area (Å²) in [6.45, 7) is 6.39. The van der Waals surface area contributed by atoms with Crippen molar-refractivity contribution in [3.05, 3.63) is 35.1 Å². The summed E-state index contributed by atoms with van der Waals surface area (Å²) in [6.07, 6.45) is 2.20. The van der Waals surface area contributed by atoms with E-state index in [-0.39, 0.29) is 12.0 Å². The van der Waals surface area contributed by atoms with Gasteiger partial charge in [0.15, 0.2) is 0 Å². The summed E-state index contributed by atoms with van der Waals surface area (Å²) < 4.78 is 5.55. The number of likely N-dealkylation sites (N-methyl/N-ethyl adjacent to an activating group) is 1. The number of rotatable bonds is 5. The van der Waals surface area contributed by atoms with Gasteiger partial charge in [0.25, 0.3) is 0 Å². The zero-order chi connectivity index (χ0) is 15.6. The number of aliphatic hydroxyl groups is 1. The largest absolute Gasteiger partial charge is 0.464 e. The maximum atomic E-state index is 12.2. The molecule has 0 fully saturated rings. The molecule has 1 atom stereocenters. The maximum absolute atomic E-state index is 12.2. The van der Waals surface area contributed by atoms with Crippen LogP contribution >= 0.6 is 0 Å². The number of hydrogen-bond acceptors (Lipinski definition) is 3. The summed E-state index contributed by atoms with van der Waals surface area (Å²) in [6, 6.07) is 4.09. The Bertz CT molecular complexity index is 643. The number of fused-ring (bicyclic) bond motifs is 1.